The summed E-state index contributed by atoms with van der Waals surface area (Å²) < 4.78 is 66.2. The van der Waals surface area contributed by atoms with Crippen LogP contribution in [0.15, 0.2) is 47.5 Å². The van der Waals surface area contributed by atoms with Crippen LogP contribution >= 0.6 is 0 Å². The molecule has 2 aromatic rings. The Morgan fingerprint density at radius 1 is 0.905 bits per heavy atom. The molecule has 0 saturated heterocycles. The molecule has 0 N–H and O–H groups in total. The van der Waals surface area contributed by atoms with Crippen LogP contribution in [0.25, 0.3) is 0 Å². The summed E-state index contributed by atoms with van der Waals surface area (Å²) in [5.41, 5.74) is -0.0969. The summed E-state index contributed by atoms with van der Waals surface area (Å²) in [6, 6.07) is 7.93. The second kappa shape index (κ2) is 5.90. The van der Waals surface area contributed by atoms with Gasteiger partial charge in [0.15, 0.2) is 0 Å². The van der Waals surface area contributed by atoms with E-state index < -0.39 is 23.7 Å². The average Bonchev–Trinajstić information content (AvgIpc) is 2.38. The first kappa shape index (κ1) is 15.0. The lowest BCUT2D eigenvalue weighted by Gasteiger charge is -2.08. The van der Waals surface area contributed by atoms with Crippen LogP contribution in [0.4, 0.5) is 27.6 Å². The molecular weight excluding hydrogens is 293 g/mol. The first-order chi connectivity index (χ1) is 9.85. The summed E-state index contributed by atoms with van der Waals surface area (Å²) in [6.45, 7) is 0. The van der Waals surface area contributed by atoms with Gasteiger partial charge in [0, 0.05) is 6.21 Å². The third-order valence-corrected chi connectivity index (χ3v) is 2.41. The highest BCUT2D eigenvalue weighted by molar-refractivity contribution is 5.82. The fourth-order valence-corrected chi connectivity index (χ4v) is 1.51. The van der Waals surface area contributed by atoms with E-state index in [9.17, 15) is 22.0 Å². The smallest absolute Gasteiger partial charge is 0.406 e. The van der Waals surface area contributed by atoms with Crippen molar-refractivity contribution in [2.24, 2.45) is 4.99 Å². The number of halogens is 5. The zero-order valence-electron chi connectivity index (χ0n) is 10.4. The third-order valence-electron chi connectivity index (χ3n) is 2.41. The second-order valence-corrected chi connectivity index (χ2v) is 3.94. The number of hydrogen-bond acceptors (Lipinski definition) is 2. The number of hydrogen-bond donors (Lipinski definition) is 0. The molecule has 0 aromatic heterocycles. The van der Waals surface area contributed by atoms with Crippen molar-refractivity contribution in [2.45, 2.75) is 6.36 Å². The van der Waals surface area contributed by atoms with E-state index in [1.54, 1.807) is 0 Å². The van der Waals surface area contributed by atoms with Crippen LogP contribution in [0.5, 0.6) is 5.75 Å². The fourth-order valence-electron chi connectivity index (χ4n) is 1.51. The maximum Gasteiger partial charge on any atom is 0.573 e. The quantitative estimate of drug-likeness (QED) is 0.599. The molecule has 0 unspecified atom stereocenters. The van der Waals surface area contributed by atoms with Gasteiger partial charge in [-0.25, -0.2) is 8.78 Å². The summed E-state index contributed by atoms with van der Waals surface area (Å²) >= 11 is 0. The lowest BCUT2D eigenvalue weighted by atomic mass is 10.2. The van der Waals surface area contributed by atoms with Gasteiger partial charge in [-0.05, 0) is 36.4 Å². The lowest BCUT2D eigenvalue weighted by molar-refractivity contribution is -0.274. The molecular formula is C14H8F5NO. The molecule has 0 saturated carbocycles. The molecule has 110 valence electrons. The molecule has 0 aliphatic carbocycles. The van der Waals surface area contributed by atoms with Crippen LogP contribution in [0.3, 0.4) is 0 Å². The van der Waals surface area contributed by atoms with Gasteiger partial charge in [0.2, 0.25) is 0 Å². The number of nitrogens with zero attached hydrogens (tertiary/aromatic N) is 1. The summed E-state index contributed by atoms with van der Waals surface area (Å²) in [5.74, 6) is -1.97. The monoisotopic (exact) mass is 301 g/mol. The van der Waals surface area contributed by atoms with Crippen LogP contribution in [0.2, 0.25) is 0 Å². The molecule has 0 radical (unpaired) electrons. The van der Waals surface area contributed by atoms with E-state index in [1.165, 1.54) is 18.2 Å². The molecule has 2 rings (SSSR count). The predicted octanol–water partition coefficient (Wildman–Crippen LogP) is 4.61. The molecule has 0 aliphatic heterocycles. The summed E-state index contributed by atoms with van der Waals surface area (Å²) in [4.78, 5) is 3.79. The standard InChI is InChI=1S/C14H8F5NO/c15-12-2-1-3-13(16)11(12)8-20-9-4-6-10(7-5-9)21-14(17,18)19/h1-8H. The van der Waals surface area contributed by atoms with Gasteiger partial charge in [0.05, 0.1) is 11.3 Å². The van der Waals surface area contributed by atoms with E-state index in [0.717, 1.165) is 30.5 Å². The molecule has 7 heteroatoms. The van der Waals surface area contributed by atoms with Crippen molar-refractivity contribution in [3.8, 4) is 5.75 Å². The summed E-state index contributed by atoms with van der Waals surface area (Å²) in [6.07, 6.45) is -3.81. The number of ether oxygens (including phenoxy) is 1. The van der Waals surface area contributed by atoms with Crippen LogP contribution in [-0.2, 0) is 0 Å². The van der Waals surface area contributed by atoms with Crippen molar-refractivity contribution in [1.29, 1.82) is 0 Å². The first-order valence-electron chi connectivity index (χ1n) is 5.69. The molecule has 2 aromatic carbocycles. The number of benzene rings is 2. The van der Waals surface area contributed by atoms with Gasteiger partial charge in [-0.1, -0.05) is 6.07 Å². The Kier molecular flexibility index (Phi) is 4.21. The second-order valence-electron chi connectivity index (χ2n) is 3.94. The highest BCUT2D eigenvalue weighted by Gasteiger charge is 2.30. The van der Waals surface area contributed by atoms with Gasteiger partial charge in [-0.3, -0.25) is 4.99 Å². The first-order valence-corrected chi connectivity index (χ1v) is 5.69. The number of alkyl halides is 3. The van der Waals surface area contributed by atoms with E-state index in [4.69, 9.17) is 0 Å². The van der Waals surface area contributed by atoms with Gasteiger partial charge < -0.3 is 4.74 Å². The minimum atomic E-state index is -4.78. The SMILES string of the molecule is Fc1cccc(F)c1C=Nc1ccc(OC(F)(F)F)cc1. The zero-order valence-corrected chi connectivity index (χ0v) is 10.4. The lowest BCUT2D eigenvalue weighted by Crippen LogP contribution is -2.16. The Hall–Kier alpha value is -2.44. The minimum absolute atomic E-state index is 0.229. The van der Waals surface area contributed by atoms with E-state index in [1.807, 2.05) is 0 Å². The van der Waals surface area contributed by atoms with Gasteiger partial charge in [0.1, 0.15) is 17.4 Å². The minimum Gasteiger partial charge on any atom is -0.406 e. The van der Waals surface area contributed by atoms with E-state index in [-0.39, 0.29) is 11.3 Å². The van der Waals surface area contributed by atoms with Gasteiger partial charge in [0.25, 0.3) is 0 Å². The van der Waals surface area contributed by atoms with Gasteiger partial charge >= 0.3 is 6.36 Å². The topological polar surface area (TPSA) is 21.6 Å². The molecule has 0 spiro atoms. The van der Waals surface area contributed by atoms with Crippen LogP contribution in [-0.4, -0.2) is 12.6 Å². The van der Waals surface area contributed by atoms with Crippen molar-refractivity contribution in [3.05, 3.63) is 59.7 Å². The third kappa shape index (κ3) is 4.27. The van der Waals surface area contributed by atoms with E-state index in [0.29, 0.717) is 0 Å². The van der Waals surface area contributed by atoms with Gasteiger partial charge in [-0.15, -0.1) is 13.2 Å². The molecule has 0 bridgehead atoms. The number of rotatable bonds is 3. The zero-order chi connectivity index (χ0) is 15.5. The Morgan fingerprint density at radius 3 is 2.00 bits per heavy atom. The summed E-state index contributed by atoms with van der Waals surface area (Å²) in [7, 11) is 0. The normalized spacial score (nSPS) is 11.9. The Morgan fingerprint density at radius 2 is 1.48 bits per heavy atom. The van der Waals surface area contributed by atoms with E-state index in [2.05, 4.69) is 9.73 Å². The maximum atomic E-state index is 13.3. The average molecular weight is 301 g/mol. The maximum absolute atomic E-state index is 13.3. The van der Waals surface area contributed by atoms with Crippen LogP contribution in [0, 0.1) is 11.6 Å². The largest absolute Gasteiger partial charge is 0.573 e. The van der Waals surface area contributed by atoms with Crippen molar-refractivity contribution in [2.75, 3.05) is 0 Å². The Balaban J connectivity index is 2.15. The molecule has 0 aliphatic rings. The Bertz CT molecular complexity index is 629. The molecule has 21 heavy (non-hydrogen) atoms. The molecule has 2 nitrogen and oxygen atoms in total. The van der Waals surface area contributed by atoms with Crippen LogP contribution in [0.1, 0.15) is 5.56 Å². The summed E-state index contributed by atoms with van der Waals surface area (Å²) in [5, 5.41) is 0. The number of aliphatic imine (C=N–C) groups is 1. The molecule has 0 heterocycles. The van der Waals surface area contributed by atoms with Crippen LogP contribution < -0.4 is 4.74 Å². The fraction of sp³-hybridized carbons (Fsp3) is 0.0714. The van der Waals surface area contributed by atoms with E-state index >= 15 is 0 Å². The van der Waals surface area contributed by atoms with Gasteiger partial charge in [-0.2, -0.15) is 0 Å². The predicted molar refractivity (Wildman–Crippen MR) is 66.7 cm³/mol. The molecule has 0 fully saturated rings. The highest BCUT2D eigenvalue weighted by Crippen LogP contribution is 2.25. The molecule has 0 amide bonds. The highest BCUT2D eigenvalue weighted by atomic mass is 19.4. The van der Waals surface area contributed by atoms with Crippen molar-refractivity contribution >= 4 is 11.9 Å². The van der Waals surface area contributed by atoms with Crippen molar-refractivity contribution in [1.82, 2.24) is 0 Å². The molecule has 0 atom stereocenters. The van der Waals surface area contributed by atoms with Crippen molar-refractivity contribution in [3.63, 3.8) is 0 Å². The Labute approximate surface area is 116 Å². The van der Waals surface area contributed by atoms with Crippen molar-refractivity contribution < 1.29 is 26.7 Å².